The van der Waals surface area contributed by atoms with Crippen molar-refractivity contribution in [2.24, 2.45) is 0 Å². The first kappa shape index (κ1) is 16.3. The lowest BCUT2D eigenvalue weighted by Gasteiger charge is -2.27. The van der Waals surface area contributed by atoms with E-state index in [4.69, 9.17) is 4.74 Å². The molecule has 0 aromatic carbocycles. The average molecular weight is 321 g/mol. The van der Waals surface area contributed by atoms with Crippen LogP contribution in [0, 0.1) is 0 Å². The average Bonchev–Trinajstić information content (AvgIpc) is 3.19. The summed E-state index contributed by atoms with van der Waals surface area (Å²) in [6.07, 6.45) is 7.25. The Morgan fingerprint density at radius 1 is 1.26 bits per heavy atom. The molecule has 7 nitrogen and oxygen atoms in total. The molecule has 0 spiro atoms. The van der Waals surface area contributed by atoms with Crippen LogP contribution in [-0.4, -0.2) is 77.6 Å². The van der Waals surface area contributed by atoms with E-state index in [1.807, 2.05) is 21.8 Å². The normalized spacial score (nSPS) is 23.0. The van der Waals surface area contributed by atoms with Gasteiger partial charge in [-0.1, -0.05) is 0 Å². The van der Waals surface area contributed by atoms with Crippen LogP contribution in [-0.2, 0) is 11.3 Å². The third kappa shape index (κ3) is 4.94. The molecule has 1 aromatic heterocycles. The highest BCUT2D eigenvalue weighted by molar-refractivity contribution is 5.74. The van der Waals surface area contributed by atoms with Gasteiger partial charge in [0.15, 0.2) is 0 Å². The standard InChI is InChI=1S/C16H27N5O2/c22-16(17-6-11-21-10-3-5-18-21)20-9-4-12-23-15(14-20)13-19-7-1-2-8-19/h3,5,10,15H,1-2,4,6-9,11-14H2,(H,17,22). The van der Waals surface area contributed by atoms with Crippen molar-refractivity contribution in [3.8, 4) is 0 Å². The van der Waals surface area contributed by atoms with Gasteiger partial charge in [0.2, 0.25) is 0 Å². The molecule has 1 aromatic rings. The minimum atomic E-state index is 0.00841. The Kier molecular flexibility index (Phi) is 5.87. The number of carbonyl (C=O) groups is 1. The van der Waals surface area contributed by atoms with Crippen molar-refractivity contribution in [1.29, 1.82) is 0 Å². The Balaban J connectivity index is 1.43. The molecule has 1 N–H and O–H groups in total. The molecule has 128 valence electrons. The molecule has 2 amide bonds. The van der Waals surface area contributed by atoms with Crippen LogP contribution in [0.3, 0.4) is 0 Å². The summed E-state index contributed by atoms with van der Waals surface area (Å²) in [5.74, 6) is 0. The molecule has 0 radical (unpaired) electrons. The van der Waals surface area contributed by atoms with Gasteiger partial charge in [0, 0.05) is 45.2 Å². The molecule has 0 saturated carbocycles. The fourth-order valence-corrected chi connectivity index (χ4v) is 3.27. The van der Waals surface area contributed by atoms with Gasteiger partial charge in [-0.3, -0.25) is 4.68 Å². The van der Waals surface area contributed by atoms with Crippen molar-refractivity contribution in [2.45, 2.75) is 31.9 Å². The molecule has 7 heteroatoms. The summed E-state index contributed by atoms with van der Waals surface area (Å²) in [5.41, 5.74) is 0. The van der Waals surface area contributed by atoms with Gasteiger partial charge in [-0.05, 0) is 38.4 Å². The van der Waals surface area contributed by atoms with Gasteiger partial charge < -0.3 is 19.9 Å². The van der Waals surface area contributed by atoms with Gasteiger partial charge in [0.1, 0.15) is 0 Å². The second kappa shape index (κ2) is 8.31. The predicted molar refractivity (Wildman–Crippen MR) is 87.2 cm³/mol. The molecule has 2 saturated heterocycles. The third-order valence-corrected chi connectivity index (χ3v) is 4.47. The number of nitrogens with zero attached hydrogens (tertiary/aromatic N) is 4. The van der Waals surface area contributed by atoms with Crippen molar-refractivity contribution >= 4 is 6.03 Å². The van der Waals surface area contributed by atoms with Crippen LogP contribution in [0.1, 0.15) is 19.3 Å². The number of aromatic nitrogens is 2. The molecular weight excluding hydrogens is 294 g/mol. The van der Waals surface area contributed by atoms with E-state index in [1.54, 1.807) is 6.20 Å². The van der Waals surface area contributed by atoms with Gasteiger partial charge in [0.25, 0.3) is 0 Å². The molecular formula is C16H27N5O2. The Morgan fingerprint density at radius 2 is 2.13 bits per heavy atom. The van der Waals surface area contributed by atoms with E-state index in [9.17, 15) is 4.79 Å². The van der Waals surface area contributed by atoms with Gasteiger partial charge >= 0.3 is 6.03 Å². The van der Waals surface area contributed by atoms with E-state index in [2.05, 4.69) is 15.3 Å². The van der Waals surface area contributed by atoms with E-state index < -0.39 is 0 Å². The van der Waals surface area contributed by atoms with E-state index >= 15 is 0 Å². The summed E-state index contributed by atoms with van der Waals surface area (Å²) >= 11 is 0. The van der Waals surface area contributed by atoms with Gasteiger partial charge in [-0.2, -0.15) is 5.10 Å². The molecule has 23 heavy (non-hydrogen) atoms. The fourth-order valence-electron chi connectivity index (χ4n) is 3.27. The number of hydrogen-bond acceptors (Lipinski definition) is 4. The van der Waals surface area contributed by atoms with Crippen LogP contribution >= 0.6 is 0 Å². The first-order valence-electron chi connectivity index (χ1n) is 8.65. The first-order valence-corrected chi connectivity index (χ1v) is 8.65. The summed E-state index contributed by atoms with van der Waals surface area (Å²) in [6, 6.07) is 1.89. The molecule has 3 rings (SSSR count). The lowest BCUT2D eigenvalue weighted by atomic mass is 10.3. The quantitative estimate of drug-likeness (QED) is 0.870. The van der Waals surface area contributed by atoms with E-state index in [0.717, 1.165) is 39.2 Å². The minimum Gasteiger partial charge on any atom is -0.375 e. The van der Waals surface area contributed by atoms with E-state index in [-0.39, 0.29) is 12.1 Å². The maximum Gasteiger partial charge on any atom is 0.317 e. The van der Waals surface area contributed by atoms with Gasteiger partial charge in [-0.25, -0.2) is 4.79 Å². The lowest BCUT2D eigenvalue weighted by molar-refractivity contribution is 0.0349. The SMILES string of the molecule is O=C(NCCn1cccn1)N1CCCOC(CN2CCCC2)C1. The van der Waals surface area contributed by atoms with E-state index in [0.29, 0.717) is 19.6 Å². The van der Waals surface area contributed by atoms with Crippen LogP contribution in [0.2, 0.25) is 0 Å². The minimum absolute atomic E-state index is 0.00841. The van der Waals surface area contributed by atoms with Crippen molar-refractivity contribution in [1.82, 2.24) is 24.9 Å². The summed E-state index contributed by atoms with van der Waals surface area (Å²) in [5, 5.41) is 7.13. The maximum absolute atomic E-state index is 12.4. The van der Waals surface area contributed by atoms with Crippen molar-refractivity contribution < 1.29 is 9.53 Å². The summed E-state index contributed by atoms with van der Waals surface area (Å²) in [6.45, 7) is 6.75. The third-order valence-electron chi connectivity index (χ3n) is 4.47. The number of nitrogens with one attached hydrogen (secondary N) is 1. The number of ether oxygens (including phenoxy) is 1. The maximum atomic E-state index is 12.4. The first-order chi connectivity index (χ1) is 11.3. The summed E-state index contributed by atoms with van der Waals surface area (Å²) in [4.78, 5) is 16.7. The zero-order chi connectivity index (χ0) is 15.9. The number of likely N-dealkylation sites (tertiary alicyclic amines) is 1. The zero-order valence-electron chi connectivity index (χ0n) is 13.7. The summed E-state index contributed by atoms with van der Waals surface area (Å²) < 4.78 is 7.75. The van der Waals surface area contributed by atoms with Crippen molar-refractivity contribution in [3.05, 3.63) is 18.5 Å². The Morgan fingerprint density at radius 3 is 2.91 bits per heavy atom. The van der Waals surface area contributed by atoms with Crippen LogP contribution in [0.15, 0.2) is 18.5 Å². The number of amides is 2. The smallest absolute Gasteiger partial charge is 0.317 e. The molecule has 2 aliphatic rings. The van der Waals surface area contributed by atoms with Crippen molar-refractivity contribution in [2.75, 3.05) is 45.9 Å². The largest absolute Gasteiger partial charge is 0.375 e. The van der Waals surface area contributed by atoms with Crippen LogP contribution in [0.25, 0.3) is 0 Å². The number of hydrogen-bond donors (Lipinski definition) is 1. The highest BCUT2D eigenvalue weighted by Gasteiger charge is 2.25. The van der Waals surface area contributed by atoms with E-state index in [1.165, 1.54) is 12.8 Å². The number of carbonyl (C=O) groups excluding carboxylic acids is 1. The number of urea groups is 1. The molecule has 2 aliphatic heterocycles. The topological polar surface area (TPSA) is 62.6 Å². The number of rotatable bonds is 5. The molecule has 2 fully saturated rings. The Bertz CT molecular complexity index is 473. The predicted octanol–water partition coefficient (Wildman–Crippen LogP) is 0.779. The molecule has 1 unspecified atom stereocenters. The summed E-state index contributed by atoms with van der Waals surface area (Å²) in [7, 11) is 0. The van der Waals surface area contributed by atoms with Crippen LogP contribution in [0.4, 0.5) is 4.79 Å². The fraction of sp³-hybridized carbons (Fsp3) is 0.750. The lowest BCUT2D eigenvalue weighted by Crippen LogP contribution is -2.46. The second-order valence-electron chi connectivity index (χ2n) is 6.30. The molecule has 3 heterocycles. The zero-order valence-corrected chi connectivity index (χ0v) is 13.7. The van der Waals surface area contributed by atoms with Crippen LogP contribution < -0.4 is 5.32 Å². The monoisotopic (exact) mass is 321 g/mol. The second-order valence-corrected chi connectivity index (χ2v) is 6.30. The highest BCUT2D eigenvalue weighted by atomic mass is 16.5. The highest BCUT2D eigenvalue weighted by Crippen LogP contribution is 2.12. The van der Waals surface area contributed by atoms with Crippen molar-refractivity contribution in [3.63, 3.8) is 0 Å². The Labute approximate surface area is 137 Å². The molecule has 0 aliphatic carbocycles. The van der Waals surface area contributed by atoms with Gasteiger partial charge in [0.05, 0.1) is 12.6 Å². The molecule has 0 bridgehead atoms. The van der Waals surface area contributed by atoms with Crippen LogP contribution in [0.5, 0.6) is 0 Å². The van der Waals surface area contributed by atoms with Gasteiger partial charge in [-0.15, -0.1) is 0 Å². The Hall–Kier alpha value is -1.60. The molecule has 1 atom stereocenters.